The third-order valence-corrected chi connectivity index (χ3v) is 5.55. The Kier molecular flexibility index (Phi) is 3.39. The molecule has 2 aliphatic rings. The molecule has 2 aromatic carbocycles. The molecule has 3 atom stereocenters. The number of nitrogens with zero attached hydrogens (tertiary/aromatic N) is 1. The minimum absolute atomic E-state index is 0.324. The maximum Gasteiger partial charge on any atom is 0.115 e. The van der Waals surface area contributed by atoms with Crippen molar-refractivity contribution in [2.24, 2.45) is 5.92 Å². The summed E-state index contributed by atoms with van der Waals surface area (Å²) in [6.45, 7) is 1.16. The normalized spacial score (nSPS) is 27.5. The maximum absolute atomic E-state index is 9.58. The van der Waals surface area contributed by atoms with E-state index in [-0.39, 0.29) is 0 Å². The van der Waals surface area contributed by atoms with Gasteiger partial charge >= 0.3 is 0 Å². The lowest BCUT2D eigenvalue weighted by atomic mass is 9.80. The Morgan fingerprint density at radius 2 is 1.86 bits per heavy atom. The van der Waals surface area contributed by atoms with Gasteiger partial charge < -0.3 is 5.11 Å². The maximum atomic E-state index is 9.58. The van der Waals surface area contributed by atoms with Crippen molar-refractivity contribution in [2.45, 2.75) is 24.8 Å². The highest BCUT2D eigenvalue weighted by Crippen LogP contribution is 2.54. The van der Waals surface area contributed by atoms with Gasteiger partial charge in [-0.3, -0.25) is 4.90 Å². The average Bonchev–Trinajstić information content (AvgIpc) is 2.83. The summed E-state index contributed by atoms with van der Waals surface area (Å²) < 4.78 is 0. The first-order chi connectivity index (χ1) is 10.6. The number of phenols is 1. The van der Waals surface area contributed by atoms with Crippen LogP contribution in [0, 0.1) is 5.92 Å². The first-order valence-electron chi connectivity index (χ1n) is 7.93. The molecule has 1 saturated heterocycles. The second-order valence-electron chi connectivity index (χ2n) is 6.57. The average molecular weight is 314 g/mol. The summed E-state index contributed by atoms with van der Waals surface area (Å²) in [4.78, 5) is 2.49. The number of halogens is 1. The first-order valence-corrected chi connectivity index (χ1v) is 8.31. The number of hydrogen-bond donors (Lipinski definition) is 1. The van der Waals surface area contributed by atoms with Crippen molar-refractivity contribution in [1.82, 2.24) is 4.90 Å². The third kappa shape index (κ3) is 2.13. The highest BCUT2D eigenvalue weighted by Gasteiger charge is 2.44. The van der Waals surface area contributed by atoms with Gasteiger partial charge in [0.25, 0.3) is 0 Å². The van der Waals surface area contributed by atoms with Crippen molar-refractivity contribution in [2.75, 3.05) is 13.6 Å². The molecule has 2 nitrogen and oxygen atoms in total. The highest BCUT2D eigenvalue weighted by atomic mass is 35.5. The van der Waals surface area contributed by atoms with Gasteiger partial charge in [-0.1, -0.05) is 29.8 Å². The summed E-state index contributed by atoms with van der Waals surface area (Å²) >= 11 is 6.28. The largest absolute Gasteiger partial charge is 0.508 e. The molecule has 0 radical (unpaired) electrons. The van der Waals surface area contributed by atoms with Gasteiger partial charge in [0.1, 0.15) is 5.75 Å². The van der Waals surface area contributed by atoms with E-state index in [9.17, 15) is 5.11 Å². The SMILES string of the molecule is CN1CCCC2C(c3ccc(O)cc3)c3cc(Cl)ccc3C21. The number of rotatable bonds is 1. The molecule has 0 aromatic heterocycles. The Labute approximate surface area is 136 Å². The van der Waals surface area contributed by atoms with Crippen LogP contribution in [0.1, 0.15) is 41.5 Å². The molecule has 3 heteroatoms. The lowest BCUT2D eigenvalue weighted by Gasteiger charge is -2.37. The van der Waals surface area contributed by atoms with Gasteiger partial charge in [0.15, 0.2) is 0 Å². The number of benzene rings is 2. The van der Waals surface area contributed by atoms with Gasteiger partial charge in [-0.2, -0.15) is 0 Å². The molecule has 1 aliphatic heterocycles. The second-order valence-corrected chi connectivity index (χ2v) is 7.01. The number of phenolic OH excluding ortho intramolecular Hbond substituents is 1. The van der Waals surface area contributed by atoms with Crippen molar-refractivity contribution in [3.8, 4) is 5.75 Å². The van der Waals surface area contributed by atoms with Gasteiger partial charge in [-0.05, 0) is 73.3 Å². The van der Waals surface area contributed by atoms with E-state index in [4.69, 9.17) is 11.6 Å². The van der Waals surface area contributed by atoms with Crippen LogP contribution in [0.15, 0.2) is 42.5 Å². The minimum atomic E-state index is 0.324. The Hall–Kier alpha value is -1.51. The van der Waals surface area contributed by atoms with E-state index in [1.165, 1.54) is 29.5 Å². The van der Waals surface area contributed by atoms with Crippen LogP contribution >= 0.6 is 11.6 Å². The Bertz CT molecular complexity index is 697. The van der Waals surface area contributed by atoms with Gasteiger partial charge in [0, 0.05) is 17.0 Å². The predicted octanol–water partition coefficient (Wildman–Crippen LogP) is 4.57. The Morgan fingerprint density at radius 1 is 1.09 bits per heavy atom. The quantitative estimate of drug-likeness (QED) is 0.833. The number of likely N-dealkylation sites (tertiary alicyclic amines) is 1. The van der Waals surface area contributed by atoms with Crippen molar-refractivity contribution in [3.63, 3.8) is 0 Å². The molecule has 2 aromatic rings. The van der Waals surface area contributed by atoms with E-state index < -0.39 is 0 Å². The number of fused-ring (bicyclic) bond motifs is 3. The van der Waals surface area contributed by atoms with E-state index in [0.717, 1.165) is 11.6 Å². The van der Waals surface area contributed by atoms with Crippen molar-refractivity contribution in [3.05, 3.63) is 64.2 Å². The molecule has 22 heavy (non-hydrogen) atoms. The zero-order valence-electron chi connectivity index (χ0n) is 12.7. The van der Waals surface area contributed by atoms with Crippen molar-refractivity contribution < 1.29 is 5.11 Å². The van der Waals surface area contributed by atoms with Crippen LogP contribution in [0.25, 0.3) is 0 Å². The Morgan fingerprint density at radius 3 is 2.64 bits per heavy atom. The molecule has 0 bridgehead atoms. The molecule has 1 heterocycles. The van der Waals surface area contributed by atoms with E-state index in [1.54, 1.807) is 12.1 Å². The fourth-order valence-corrected chi connectivity index (χ4v) is 4.62. The van der Waals surface area contributed by atoms with Crippen LogP contribution in [0.4, 0.5) is 0 Å². The summed E-state index contributed by atoms with van der Waals surface area (Å²) in [6.07, 6.45) is 2.49. The molecular weight excluding hydrogens is 294 g/mol. The van der Waals surface area contributed by atoms with E-state index >= 15 is 0 Å². The first kappa shape index (κ1) is 14.1. The van der Waals surface area contributed by atoms with Crippen LogP contribution in [0.3, 0.4) is 0 Å². The van der Waals surface area contributed by atoms with Crippen LogP contribution < -0.4 is 0 Å². The third-order valence-electron chi connectivity index (χ3n) is 5.31. The number of aromatic hydroxyl groups is 1. The highest BCUT2D eigenvalue weighted by molar-refractivity contribution is 6.30. The fourth-order valence-electron chi connectivity index (χ4n) is 4.44. The molecular formula is C19H20ClNO. The molecule has 0 spiro atoms. The number of hydrogen-bond acceptors (Lipinski definition) is 2. The van der Waals surface area contributed by atoms with Gasteiger partial charge in [0.2, 0.25) is 0 Å². The molecule has 4 rings (SSSR count). The predicted molar refractivity (Wildman–Crippen MR) is 89.5 cm³/mol. The molecule has 3 unspecified atom stereocenters. The molecule has 114 valence electrons. The summed E-state index contributed by atoms with van der Waals surface area (Å²) in [5, 5.41) is 10.4. The second kappa shape index (κ2) is 5.29. The Balaban J connectivity index is 1.86. The van der Waals surface area contributed by atoms with E-state index in [0.29, 0.717) is 23.6 Å². The van der Waals surface area contributed by atoms with Crippen LogP contribution in [-0.2, 0) is 0 Å². The topological polar surface area (TPSA) is 23.5 Å². The zero-order chi connectivity index (χ0) is 15.3. The summed E-state index contributed by atoms with van der Waals surface area (Å²) in [5.74, 6) is 1.30. The lowest BCUT2D eigenvalue weighted by molar-refractivity contribution is 0.127. The molecule has 1 N–H and O–H groups in total. The minimum Gasteiger partial charge on any atom is -0.508 e. The van der Waals surface area contributed by atoms with E-state index in [1.807, 2.05) is 6.07 Å². The van der Waals surface area contributed by atoms with Crippen molar-refractivity contribution >= 4 is 11.6 Å². The van der Waals surface area contributed by atoms with Crippen LogP contribution in [0.2, 0.25) is 5.02 Å². The van der Waals surface area contributed by atoms with Crippen LogP contribution in [-0.4, -0.2) is 23.6 Å². The molecule has 0 amide bonds. The summed E-state index contributed by atoms with van der Waals surface area (Å²) in [5.41, 5.74) is 4.07. The monoisotopic (exact) mass is 313 g/mol. The summed E-state index contributed by atoms with van der Waals surface area (Å²) in [7, 11) is 2.23. The molecule has 1 aliphatic carbocycles. The van der Waals surface area contributed by atoms with Gasteiger partial charge in [0.05, 0.1) is 0 Å². The fraction of sp³-hybridized carbons (Fsp3) is 0.368. The molecule has 1 fully saturated rings. The summed E-state index contributed by atoms with van der Waals surface area (Å²) in [6, 6.07) is 14.5. The van der Waals surface area contributed by atoms with Crippen LogP contribution in [0.5, 0.6) is 5.75 Å². The van der Waals surface area contributed by atoms with Gasteiger partial charge in [-0.15, -0.1) is 0 Å². The standard InChI is InChI=1S/C19H20ClNO/c1-21-10-2-3-16-18(12-4-7-14(22)8-5-12)17-11-13(20)6-9-15(17)19(16)21/h4-9,11,16,18-19,22H,2-3,10H2,1H3. The lowest BCUT2D eigenvalue weighted by Crippen LogP contribution is -2.34. The zero-order valence-corrected chi connectivity index (χ0v) is 13.4. The number of piperidine rings is 1. The van der Waals surface area contributed by atoms with Crippen molar-refractivity contribution in [1.29, 1.82) is 0 Å². The van der Waals surface area contributed by atoms with Gasteiger partial charge in [-0.25, -0.2) is 0 Å². The molecule has 0 saturated carbocycles. The smallest absolute Gasteiger partial charge is 0.115 e. The van der Waals surface area contributed by atoms with E-state index in [2.05, 4.69) is 36.2 Å².